The summed E-state index contributed by atoms with van der Waals surface area (Å²) in [7, 11) is 0. The number of fused-ring (bicyclic) bond motifs is 2. The van der Waals surface area contributed by atoms with Crippen LogP contribution in [0.25, 0.3) is 11.0 Å². The smallest absolute Gasteiger partial charge is 0.135 e. The molecular formula is C20H23NOS. The third-order valence-corrected chi connectivity index (χ3v) is 5.17. The minimum Gasteiger partial charge on any atom is -0.456 e. The fourth-order valence-corrected chi connectivity index (χ4v) is 3.84. The Balaban J connectivity index is 1.86. The average molecular weight is 325 g/mol. The SMILES string of the molecule is CCN(CC)CCSC1=Cc2ccccc2Oc2ccccc21. The highest BCUT2D eigenvalue weighted by Crippen LogP contribution is 2.42. The number of nitrogens with zero attached hydrogens (tertiary/aromatic N) is 1. The van der Waals surface area contributed by atoms with E-state index >= 15 is 0 Å². The van der Waals surface area contributed by atoms with E-state index in [1.165, 1.54) is 10.5 Å². The zero-order valence-electron chi connectivity index (χ0n) is 13.8. The van der Waals surface area contributed by atoms with E-state index in [4.69, 9.17) is 4.74 Å². The molecule has 2 aromatic rings. The predicted molar refractivity (Wildman–Crippen MR) is 101 cm³/mol. The zero-order valence-corrected chi connectivity index (χ0v) is 14.6. The molecule has 3 rings (SSSR count). The normalized spacial score (nSPS) is 12.9. The average Bonchev–Trinajstić information content (AvgIpc) is 2.75. The molecular weight excluding hydrogens is 302 g/mol. The third-order valence-electron chi connectivity index (χ3n) is 4.14. The fraction of sp³-hybridized carbons (Fsp3) is 0.300. The number of rotatable bonds is 6. The lowest BCUT2D eigenvalue weighted by Gasteiger charge is -2.18. The molecule has 2 nitrogen and oxygen atoms in total. The van der Waals surface area contributed by atoms with E-state index in [0.717, 1.165) is 42.4 Å². The Morgan fingerprint density at radius 1 is 0.913 bits per heavy atom. The molecule has 0 aliphatic carbocycles. The summed E-state index contributed by atoms with van der Waals surface area (Å²) in [4.78, 5) is 3.75. The minimum atomic E-state index is 0.930. The molecule has 1 aliphatic rings. The standard InChI is InChI=1S/C20H23NOS/c1-3-21(4-2)13-14-23-20-15-16-9-5-7-11-18(16)22-19-12-8-6-10-17(19)20/h5-12,15H,3-4,13-14H2,1-2H3. The summed E-state index contributed by atoms with van der Waals surface area (Å²) in [5, 5.41) is 0. The van der Waals surface area contributed by atoms with Gasteiger partial charge in [-0.3, -0.25) is 0 Å². The highest BCUT2D eigenvalue weighted by molar-refractivity contribution is 8.08. The number of para-hydroxylation sites is 2. The second-order valence-corrected chi connectivity index (χ2v) is 6.66. The van der Waals surface area contributed by atoms with Crippen LogP contribution in [0.5, 0.6) is 11.5 Å². The van der Waals surface area contributed by atoms with E-state index in [9.17, 15) is 0 Å². The number of hydrogen-bond acceptors (Lipinski definition) is 3. The van der Waals surface area contributed by atoms with Crippen LogP contribution in [0.4, 0.5) is 0 Å². The van der Waals surface area contributed by atoms with E-state index < -0.39 is 0 Å². The second kappa shape index (κ2) is 7.71. The van der Waals surface area contributed by atoms with E-state index in [2.05, 4.69) is 55.2 Å². The van der Waals surface area contributed by atoms with Crippen LogP contribution in [0, 0.1) is 0 Å². The van der Waals surface area contributed by atoms with Crippen LogP contribution in [0.1, 0.15) is 25.0 Å². The number of benzene rings is 2. The molecule has 23 heavy (non-hydrogen) atoms. The van der Waals surface area contributed by atoms with Crippen LogP contribution in [-0.4, -0.2) is 30.3 Å². The van der Waals surface area contributed by atoms with Crippen molar-refractivity contribution in [2.75, 3.05) is 25.4 Å². The van der Waals surface area contributed by atoms with Gasteiger partial charge >= 0.3 is 0 Å². The maximum atomic E-state index is 6.13. The molecule has 0 bridgehead atoms. The molecule has 0 saturated heterocycles. The Morgan fingerprint density at radius 3 is 2.39 bits per heavy atom. The minimum absolute atomic E-state index is 0.930. The molecule has 120 valence electrons. The van der Waals surface area contributed by atoms with Gasteiger partial charge in [-0.15, -0.1) is 11.8 Å². The summed E-state index contributed by atoms with van der Waals surface area (Å²) in [6, 6.07) is 16.6. The maximum Gasteiger partial charge on any atom is 0.135 e. The first-order chi connectivity index (χ1) is 11.3. The molecule has 0 amide bonds. The number of ether oxygens (including phenoxy) is 1. The lowest BCUT2D eigenvalue weighted by Crippen LogP contribution is -2.25. The van der Waals surface area contributed by atoms with Gasteiger partial charge in [0.2, 0.25) is 0 Å². The van der Waals surface area contributed by atoms with Crippen molar-refractivity contribution in [3.05, 3.63) is 59.7 Å². The van der Waals surface area contributed by atoms with Crippen molar-refractivity contribution in [2.45, 2.75) is 13.8 Å². The summed E-state index contributed by atoms with van der Waals surface area (Å²) >= 11 is 1.92. The molecule has 2 aromatic carbocycles. The predicted octanol–water partition coefficient (Wildman–Crippen LogP) is 5.37. The van der Waals surface area contributed by atoms with Crippen LogP contribution in [-0.2, 0) is 0 Å². The largest absolute Gasteiger partial charge is 0.456 e. The zero-order chi connectivity index (χ0) is 16.1. The molecule has 0 aromatic heterocycles. The maximum absolute atomic E-state index is 6.13. The van der Waals surface area contributed by atoms with Crippen molar-refractivity contribution in [3.63, 3.8) is 0 Å². The Hall–Kier alpha value is -1.71. The second-order valence-electron chi connectivity index (χ2n) is 5.52. The molecule has 0 spiro atoms. The van der Waals surface area contributed by atoms with Gasteiger partial charge in [0.1, 0.15) is 11.5 Å². The van der Waals surface area contributed by atoms with Gasteiger partial charge in [0.15, 0.2) is 0 Å². The molecule has 0 radical (unpaired) electrons. The summed E-state index contributed by atoms with van der Waals surface area (Å²) in [6.07, 6.45) is 2.26. The molecule has 3 heteroatoms. The summed E-state index contributed by atoms with van der Waals surface area (Å²) in [5.41, 5.74) is 2.34. The molecule has 0 saturated carbocycles. The molecule has 0 atom stereocenters. The Bertz CT molecular complexity index is 692. The van der Waals surface area contributed by atoms with Crippen molar-refractivity contribution in [1.82, 2.24) is 4.90 Å². The lowest BCUT2D eigenvalue weighted by atomic mass is 10.1. The quantitative estimate of drug-likeness (QED) is 0.709. The van der Waals surface area contributed by atoms with Crippen molar-refractivity contribution >= 4 is 22.7 Å². The first-order valence-corrected chi connectivity index (χ1v) is 9.23. The van der Waals surface area contributed by atoms with Crippen molar-refractivity contribution in [2.24, 2.45) is 0 Å². The first-order valence-electron chi connectivity index (χ1n) is 8.25. The summed E-state index contributed by atoms with van der Waals surface area (Å²) in [6.45, 7) is 7.77. The number of hydrogen-bond donors (Lipinski definition) is 0. The van der Waals surface area contributed by atoms with Crippen molar-refractivity contribution in [3.8, 4) is 11.5 Å². The third kappa shape index (κ3) is 3.80. The van der Waals surface area contributed by atoms with Crippen LogP contribution in [0.2, 0.25) is 0 Å². The molecule has 0 fully saturated rings. The Labute approximate surface area is 143 Å². The first kappa shape index (κ1) is 16.2. The molecule has 0 unspecified atom stereocenters. The Morgan fingerprint density at radius 2 is 1.61 bits per heavy atom. The van der Waals surface area contributed by atoms with E-state index in [0.29, 0.717) is 0 Å². The molecule has 1 aliphatic heterocycles. The summed E-state index contributed by atoms with van der Waals surface area (Å²) in [5.74, 6) is 2.96. The summed E-state index contributed by atoms with van der Waals surface area (Å²) < 4.78 is 6.13. The highest BCUT2D eigenvalue weighted by Gasteiger charge is 2.16. The number of thioether (sulfide) groups is 1. The van der Waals surface area contributed by atoms with E-state index in [1.54, 1.807) is 0 Å². The van der Waals surface area contributed by atoms with Gasteiger partial charge in [0.25, 0.3) is 0 Å². The Kier molecular flexibility index (Phi) is 5.42. The van der Waals surface area contributed by atoms with Crippen LogP contribution >= 0.6 is 11.8 Å². The highest BCUT2D eigenvalue weighted by atomic mass is 32.2. The van der Waals surface area contributed by atoms with Gasteiger partial charge in [-0.25, -0.2) is 0 Å². The van der Waals surface area contributed by atoms with Gasteiger partial charge in [0, 0.05) is 28.3 Å². The topological polar surface area (TPSA) is 12.5 Å². The van der Waals surface area contributed by atoms with Crippen LogP contribution in [0.15, 0.2) is 48.5 Å². The fourth-order valence-electron chi connectivity index (χ4n) is 2.73. The van der Waals surface area contributed by atoms with E-state index in [1.807, 2.05) is 30.0 Å². The monoisotopic (exact) mass is 325 g/mol. The van der Waals surface area contributed by atoms with Gasteiger partial charge in [-0.2, -0.15) is 0 Å². The van der Waals surface area contributed by atoms with Gasteiger partial charge in [-0.05, 0) is 31.3 Å². The lowest BCUT2D eigenvalue weighted by molar-refractivity contribution is 0.324. The van der Waals surface area contributed by atoms with Crippen molar-refractivity contribution in [1.29, 1.82) is 0 Å². The van der Waals surface area contributed by atoms with Gasteiger partial charge in [0.05, 0.1) is 0 Å². The van der Waals surface area contributed by atoms with Crippen LogP contribution in [0.3, 0.4) is 0 Å². The van der Waals surface area contributed by atoms with Gasteiger partial charge in [-0.1, -0.05) is 50.2 Å². The van der Waals surface area contributed by atoms with E-state index in [-0.39, 0.29) is 0 Å². The molecule has 0 N–H and O–H groups in total. The van der Waals surface area contributed by atoms with Crippen molar-refractivity contribution < 1.29 is 4.74 Å². The van der Waals surface area contributed by atoms with Gasteiger partial charge < -0.3 is 9.64 Å². The molecule has 1 heterocycles. The van der Waals surface area contributed by atoms with Crippen LogP contribution < -0.4 is 4.74 Å².